The first-order valence-electron chi connectivity index (χ1n) is 4.52. The standard InChI is InChI=1S/C13H13N/c1-4-10(3)12-8-6-7-11(5-2)13(12)9-14/h4-8,10H,1-2H2,3H3. The average molecular weight is 183 g/mol. The highest BCUT2D eigenvalue weighted by Gasteiger charge is 2.09. The topological polar surface area (TPSA) is 23.8 Å². The Morgan fingerprint density at radius 2 is 2.14 bits per heavy atom. The van der Waals surface area contributed by atoms with Crippen molar-refractivity contribution in [3.63, 3.8) is 0 Å². The predicted octanol–water partition coefficient (Wildman–Crippen LogP) is 3.49. The minimum atomic E-state index is 0.199. The maximum Gasteiger partial charge on any atom is 0.100 e. The fraction of sp³-hybridized carbons (Fsp3) is 0.154. The van der Waals surface area contributed by atoms with Crippen LogP contribution in [0.4, 0.5) is 0 Å². The van der Waals surface area contributed by atoms with Gasteiger partial charge in [0.15, 0.2) is 0 Å². The van der Waals surface area contributed by atoms with Crippen LogP contribution in [0.25, 0.3) is 6.08 Å². The van der Waals surface area contributed by atoms with Gasteiger partial charge in [-0.3, -0.25) is 0 Å². The number of nitrogens with zero attached hydrogens (tertiary/aromatic N) is 1. The smallest absolute Gasteiger partial charge is 0.100 e. The van der Waals surface area contributed by atoms with E-state index in [-0.39, 0.29) is 5.92 Å². The molecule has 1 atom stereocenters. The molecule has 0 aliphatic heterocycles. The first kappa shape index (κ1) is 10.3. The summed E-state index contributed by atoms with van der Waals surface area (Å²) in [6.45, 7) is 9.45. The number of allylic oxidation sites excluding steroid dienone is 1. The third-order valence-corrected chi connectivity index (χ3v) is 2.30. The van der Waals surface area contributed by atoms with Crippen molar-refractivity contribution in [1.82, 2.24) is 0 Å². The molecule has 1 unspecified atom stereocenters. The summed E-state index contributed by atoms with van der Waals surface area (Å²) in [7, 11) is 0. The van der Waals surface area contributed by atoms with Crippen molar-refractivity contribution in [2.45, 2.75) is 12.8 Å². The van der Waals surface area contributed by atoms with Gasteiger partial charge in [0, 0.05) is 5.92 Å². The van der Waals surface area contributed by atoms with Gasteiger partial charge >= 0.3 is 0 Å². The van der Waals surface area contributed by atoms with E-state index in [4.69, 9.17) is 5.26 Å². The van der Waals surface area contributed by atoms with Gasteiger partial charge in [0.05, 0.1) is 5.56 Å². The fourth-order valence-electron chi connectivity index (χ4n) is 1.39. The van der Waals surface area contributed by atoms with Crippen LogP contribution in [-0.2, 0) is 0 Å². The highest BCUT2D eigenvalue weighted by Crippen LogP contribution is 2.23. The lowest BCUT2D eigenvalue weighted by Crippen LogP contribution is -1.95. The first-order valence-corrected chi connectivity index (χ1v) is 4.52. The zero-order chi connectivity index (χ0) is 10.6. The Labute approximate surface area is 85.0 Å². The van der Waals surface area contributed by atoms with Crippen molar-refractivity contribution in [1.29, 1.82) is 5.26 Å². The fourth-order valence-corrected chi connectivity index (χ4v) is 1.39. The van der Waals surface area contributed by atoms with Gasteiger partial charge in [0.25, 0.3) is 0 Å². The lowest BCUT2D eigenvalue weighted by Gasteiger charge is -2.10. The Kier molecular flexibility index (Phi) is 3.25. The van der Waals surface area contributed by atoms with Crippen molar-refractivity contribution >= 4 is 6.08 Å². The summed E-state index contributed by atoms with van der Waals surface area (Å²) in [6, 6.07) is 8.00. The van der Waals surface area contributed by atoms with Crippen LogP contribution in [-0.4, -0.2) is 0 Å². The predicted molar refractivity (Wildman–Crippen MR) is 59.9 cm³/mol. The average Bonchev–Trinajstić information content (AvgIpc) is 2.26. The molecule has 1 rings (SSSR count). The Morgan fingerprint density at radius 1 is 1.43 bits per heavy atom. The highest BCUT2D eigenvalue weighted by molar-refractivity contribution is 5.60. The van der Waals surface area contributed by atoms with Gasteiger partial charge in [-0.1, -0.05) is 43.9 Å². The van der Waals surface area contributed by atoms with E-state index in [2.05, 4.69) is 19.2 Å². The summed E-state index contributed by atoms with van der Waals surface area (Å²) in [6.07, 6.45) is 3.54. The minimum Gasteiger partial charge on any atom is -0.192 e. The Bertz CT molecular complexity index is 396. The third-order valence-electron chi connectivity index (χ3n) is 2.30. The minimum absolute atomic E-state index is 0.199. The van der Waals surface area contributed by atoms with Crippen LogP contribution in [0.1, 0.15) is 29.5 Å². The molecule has 0 bridgehead atoms. The van der Waals surface area contributed by atoms with Crippen molar-refractivity contribution in [2.24, 2.45) is 0 Å². The molecule has 70 valence electrons. The number of hydrogen-bond donors (Lipinski definition) is 0. The molecule has 0 aliphatic rings. The van der Waals surface area contributed by atoms with Crippen LogP contribution in [0.2, 0.25) is 0 Å². The van der Waals surface area contributed by atoms with Crippen LogP contribution in [0.3, 0.4) is 0 Å². The summed E-state index contributed by atoms with van der Waals surface area (Å²) >= 11 is 0. The monoisotopic (exact) mass is 183 g/mol. The van der Waals surface area contributed by atoms with Crippen molar-refractivity contribution in [3.05, 3.63) is 54.1 Å². The van der Waals surface area contributed by atoms with Crippen molar-refractivity contribution < 1.29 is 0 Å². The van der Waals surface area contributed by atoms with E-state index in [0.717, 1.165) is 11.1 Å². The first-order chi connectivity index (χ1) is 6.74. The van der Waals surface area contributed by atoms with Gasteiger partial charge in [0.2, 0.25) is 0 Å². The summed E-state index contributed by atoms with van der Waals surface area (Å²) < 4.78 is 0. The van der Waals surface area contributed by atoms with Gasteiger partial charge in [-0.15, -0.1) is 6.58 Å². The molecule has 0 saturated carbocycles. The molecule has 0 aliphatic carbocycles. The van der Waals surface area contributed by atoms with Crippen LogP contribution >= 0.6 is 0 Å². The van der Waals surface area contributed by atoms with Crippen LogP contribution in [0.15, 0.2) is 37.4 Å². The van der Waals surface area contributed by atoms with E-state index in [1.54, 1.807) is 6.08 Å². The summed E-state index contributed by atoms with van der Waals surface area (Å²) in [5.74, 6) is 0.199. The van der Waals surface area contributed by atoms with Crippen molar-refractivity contribution in [3.8, 4) is 6.07 Å². The number of rotatable bonds is 3. The summed E-state index contributed by atoms with van der Waals surface area (Å²) in [4.78, 5) is 0. The molecule has 0 N–H and O–H groups in total. The van der Waals surface area contributed by atoms with Crippen LogP contribution in [0.5, 0.6) is 0 Å². The zero-order valence-corrected chi connectivity index (χ0v) is 8.33. The normalized spacial score (nSPS) is 11.4. The van der Waals surface area contributed by atoms with Gasteiger partial charge in [0.1, 0.15) is 6.07 Å². The zero-order valence-electron chi connectivity index (χ0n) is 8.33. The molecule has 0 fully saturated rings. The molecule has 0 amide bonds. The molecule has 1 nitrogen and oxygen atoms in total. The summed E-state index contributed by atoms with van der Waals surface area (Å²) in [5, 5.41) is 9.04. The molecular weight excluding hydrogens is 170 g/mol. The van der Waals surface area contributed by atoms with Gasteiger partial charge < -0.3 is 0 Å². The van der Waals surface area contributed by atoms with Gasteiger partial charge in [-0.2, -0.15) is 5.26 Å². The van der Waals surface area contributed by atoms with Crippen molar-refractivity contribution in [2.75, 3.05) is 0 Å². The summed E-state index contributed by atoms with van der Waals surface area (Å²) in [5.41, 5.74) is 2.61. The second-order valence-electron chi connectivity index (χ2n) is 3.15. The second-order valence-corrected chi connectivity index (χ2v) is 3.15. The highest BCUT2D eigenvalue weighted by atomic mass is 14.3. The molecule has 1 aromatic rings. The van der Waals surface area contributed by atoms with E-state index >= 15 is 0 Å². The molecule has 1 aromatic carbocycles. The molecule has 0 radical (unpaired) electrons. The number of benzene rings is 1. The van der Waals surface area contributed by atoms with Crippen LogP contribution < -0.4 is 0 Å². The van der Waals surface area contributed by atoms with Crippen LogP contribution in [0, 0.1) is 11.3 Å². The maximum atomic E-state index is 9.04. The van der Waals surface area contributed by atoms with E-state index in [1.165, 1.54) is 0 Å². The Morgan fingerprint density at radius 3 is 2.64 bits per heavy atom. The maximum absolute atomic E-state index is 9.04. The molecule has 0 saturated heterocycles. The molecule has 1 heteroatoms. The molecule has 14 heavy (non-hydrogen) atoms. The lowest BCUT2D eigenvalue weighted by molar-refractivity contribution is 0.964. The quantitative estimate of drug-likeness (QED) is 0.658. The van der Waals surface area contributed by atoms with Gasteiger partial charge in [-0.05, 0) is 11.1 Å². The molecular formula is C13H13N. The van der Waals surface area contributed by atoms with E-state index < -0.39 is 0 Å². The molecule has 0 aromatic heterocycles. The van der Waals surface area contributed by atoms with E-state index in [0.29, 0.717) is 5.56 Å². The second kappa shape index (κ2) is 4.43. The Balaban J connectivity index is 3.37. The van der Waals surface area contributed by atoms with E-state index in [1.807, 2.05) is 31.2 Å². The third kappa shape index (κ3) is 1.75. The molecule has 0 spiro atoms. The SMILES string of the molecule is C=Cc1cccc(C(C)C=C)c1C#N. The lowest BCUT2D eigenvalue weighted by atomic mass is 9.93. The Hall–Kier alpha value is -1.81. The van der Waals surface area contributed by atoms with Gasteiger partial charge in [-0.25, -0.2) is 0 Å². The molecule has 0 heterocycles. The largest absolute Gasteiger partial charge is 0.192 e. The number of hydrogen-bond acceptors (Lipinski definition) is 1. The van der Waals surface area contributed by atoms with E-state index in [9.17, 15) is 0 Å². The number of nitriles is 1.